The number of carbonyl (C=O) groups is 2. The molecule has 0 fully saturated rings. The van der Waals surface area contributed by atoms with Gasteiger partial charge < -0.3 is 10.3 Å². The van der Waals surface area contributed by atoms with Crippen molar-refractivity contribution in [1.82, 2.24) is 20.3 Å². The molecule has 208 valence electrons. The molecule has 0 aliphatic carbocycles. The Balaban J connectivity index is 1.84. The van der Waals surface area contributed by atoms with Gasteiger partial charge in [0.15, 0.2) is 20.9 Å². The van der Waals surface area contributed by atoms with Crippen molar-refractivity contribution in [2.24, 2.45) is 5.14 Å². The second-order valence-electron chi connectivity index (χ2n) is 8.36. The third-order valence-electron chi connectivity index (χ3n) is 5.31. The molecule has 38 heavy (non-hydrogen) atoms. The van der Waals surface area contributed by atoms with Crippen molar-refractivity contribution in [3.8, 4) is 0 Å². The number of primary sulfonamides is 1. The van der Waals surface area contributed by atoms with Crippen molar-refractivity contribution in [1.29, 1.82) is 0 Å². The van der Waals surface area contributed by atoms with Gasteiger partial charge >= 0.3 is 6.18 Å². The molecule has 1 atom stereocenters. The van der Waals surface area contributed by atoms with Crippen LogP contribution in [0.5, 0.6) is 0 Å². The van der Waals surface area contributed by atoms with Crippen molar-refractivity contribution >= 4 is 53.1 Å². The monoisotopic (exact) mass is 595 g/mol. The molecular weight excluding hydrogens is 571 g/mol. The van der Waals surface area contributed by atoms with E-state index >= 15 is 0 Å². The zero-order valence-corrected chi connectivity index (χ0v) is 22.1. The number of hydrogen-bond donors (Lipinski definition) is 3. The molecule has 0 saturated carbocycles. The van der Waals surface area contributed by atoms with Crippen LogP contribution in [-0.4, -0.2) is 67.7 Å². The van der Waals surface area contributed by atoms with E-state index in [0.717, 1.165) is 17.0 Å². The van der Waals surface area contributed by atoms with E-state index in [1.165, 1.54) is 24.5 Å². The van der Waals surface area contributed by atoms with Gasteiger partial charge in [0, 0.05) is 30.4 Å². The molecule has 2 aromatic heterocycles. The van der Waals surface area contributed by atoms with Crippen LogP contribution in [0, 0.1) is 0 Å². The van der Waals surface area contributed by atoms with Gasteiger partial charge in [-0.2, -0.15) is 13.2 Å². The summed E-state index contributed by atoms with van der Waals surface area (Å²) in [5.74, 6) is -3.50. The Hall–Kier alpha value is -2.89. The zero-order chi connectivity index (χ0) is 28.1. The Kier molecular flexibility index (Phi) is 9.27. The topological polar surface area (TPSA) is 182 Å². The van der Waals surface area contributed by atoms with Crippen LogP contribution in [0.4, 0.5) is 13.2 Å². The van der Waals surface area contributed by atoms with Crippen molar-refractivity contribution in [2.45, 2.75) is 37.1 Å². The summed E-state index contributed by atoms with van der Waals surface area (Å²) in [5, 5.41) is 4.55. The summed E-state index contributed by atoms with van der Waals surface area (Å²) < 4.78 is 86.6. The lowest BCUT2D eigenvalue weighted by molar-refractivity contribution is -0.130. The molecule has 0 aliphatic heterocycles. The molecule has 17 heteroatoms. The molecule has 2 heterocycles. The molecule has 11 nitrogen and oxygen atoms in total. The lowest BCUT2D eigenvalue weighted by Gasteiger charge is -2.16. The van der Waals surface area contributed by atoms with E-state index in [0.29, 0.717) is 23.1 Å². The average molecular weight is 596 g/mol. The van der Waals surface area contributed by atoms with E-state index in [9.17, 15) is 39.6 Å². The molecule has 0 saturated heterocycles. The second kappa shape index (κ2) is 11.9. The molecule has 3 rings (SSSR count). The maximum atomic E-state index is 12.8. The molecule has 0 radical (unpaired) electrons. The molecule has 1 amide bonds. The first-order chi connectivity index (χ1) is 17.6. The Bertz CT molecular complexity index is 1500. The molecular formula is C21H24F3N5O6S3. The first-order valence-corrected chi connectivity index (χ1v) is 15.4. The van der Waals surface area contributed by atoms with Gasteiger partial charge in [0.1, 0.15) is 5.01 Å². The van der Waals surface area contributed by atoms with E-state index in [2.05, 4.69) is 20.3 Å². The lowest BCUT2D eigenvalue weighted by atomic mass is 10.0. The number of imidazole rings is 1. The number of halogens is 3. The summed E-state index contributed by atoms with van der Waals surface area (Å²) in [4.78, 5) is 36.4. The fraction of sp³-hybridized carbons (Fsp3) is 0.429. The summed E-state index contributed by atoms with van der Waals surface area (Å²) >= 11 is 0.746. The first kappa shape index (κ1) is 29.7. The third kappa shape index (κ3) is 8.57. The molecule has 4 N–H and O–H groups in total. The van der Waals surface area contributed by atoms with Gasteiger partial charge in [-0.3, -0.25) is 9.59 Å². The minimum atomic E-state index is -4.79. The molecule has 0 spiro atoms. The number of carbonyl (C=O) groups excluding carboxylic acids is 2. The number of thiazole rings is 1. The largest absolute Gasteiger partial charge is 0.390 e. The van der Waals surface area contributed by atoms with E-state index in [-0.39, 0.29) is 22.7 Å². The van der Waals surface area contributed by atoms with Crippen molar-refractivity contribution in [3.63, 3.8) is 0 Å². The average Bonchev–Trinajstić information content (AvgIpc) is 3.45. The molecule has 3 aromatic rings. The van der Waals surface area contributed by atoms with E-state index in [1.807, 2.05) is 0 Å². The van der Waals surface area contributed by atoms with Crippen LogP contribution in [-0.2, 0) is 31.1 Å². The number of amides is 1. The predicted octanol–water partition coefficient (Wildman–Crippen LogP) is 2.04. The molecule has 1 aromatic carbocycles. The fourth-order valence-corrected chi connectivity index (χ4v) is 6.93. The number of H-pyrrole nitrogens is 1. The highest BCUT2D eigenvalue weighted by Gasteiger charge is 2.40. The second-order valence-corrected chi connectivity index (χ2v) is 13.4. The summed E-state index contributed by atoms with van der Waals surface area (Å²) in [6, 6.07) is 4.42. The predicted molar refractivity (Wildman–Crippen MR) is 134 cm³/mol. The number of sulfone groups is 1. The maximum Gasteiger partial charge on any atom is 0.390 e. The number of ketones is 1. The van der Waals surface area contributed by atoms with Gasteiger partial charge in [-0.05, 0) is 31.0 Å². The van der Waals surface area contributed by atoms with Gasteiger partial charge in [0.2, 0.25) is 15.9 Å². The van der Waals surface area contributed by atoms with Crippen molar-refractivity contribution < 1.29 is 39.6 Å². The SMILES string of the molecule is NS(=O)(=O)CCNC(=O)C(c1nc2ccc(C(=O)CCCc3cnc[nH]3)cc2s1)S(=O)(=O)CCC(F)(F)F. The number of rotatable bonds is 13. The Labute approximate surface area is 220 Å². The number of aromatic amines is 1. The number of fused-ring (bicyclic) bond motifs is 1. The Morgan fingerprint density at radius 1 is 1.16 bits per heavy atom. The van der Waals surface area contributed by atoms with E-state index in [4.69, 9.17) is 5.14 Å². The van der Waals surface area contributed by atoms with Crippen LogP contribution in [0.2, 0.25) is 0 Å². The number of nitrogens with two attached hydrogens (primary N) is 1. The Morgan fingerprint density at radius 2 is 1.89 bits per heavy atom. The van der Waals surface area contributed by atoms with Crippen LogP contribution < -0.4 is 10.5 Å². The number of sulfonamides is 1. The smallest absolute Gasteiger partial charge is 0.354 e. The van der Waals surface area contributed by atoms with Crippen LogP contribution in [0.15, 0.2) is 30.7 Å². The number of nitrogens with zero attached hydrogens (tertiary/aromatic N) is 2. The Morgan fingerprint density at radius 3 is 2.53 bits per heavy atom. The van der Waals surface area contributed by atoms with Gasteiger partial charge in [-0.1, -0.05) is 0 Å². The number of aromatic nitrogens is 3. The number of aryl methyl sites for hydroxylation is 1. The van der Waals surface area contributed by atoms with Gasteiger partial charge in [0.25, 0.3) is 0 Å². The van der Waals surface area contributed by atoms with Gasteiger partial charge in [-0.15, -0.1) is 11.3 Å². The van der Waals surface area contributed by atoms with Crippen LogP contribution in [0.25, 0.3) is 10.2 Å². The number of hydrogen-bond acceptors (Lipinski definition) is 9. The van der Waals surface area contributed by atoms with Crippen LogP contribution in [0.3, 0.4) is 0 Å². The molecule has 0 bridgehead atoms. The van der Waals surface area contributed by atoms with Crippen molar-refractivity contribution in [3.05, 3.63) is 47.0 Å². The first-order valence-electron chi connectivity index (χ1n) is 11.1. The normalized spacial score (nSPS) is 13.5. The quantitative estimate of drug-likeness (QED) is 0.251. The third-order valence-corrected chi connectivity index (χ3v) is 9.24. The number of nitrogens with one attached hydrogen (secondary N) is 2. The van der Waals surface area contributed by atoms with E-state index in [1.54, 1.807) is 6.20 Å². The van der Waals surface area contributed by atoms with E-state index < -0.39 is 61.7 Å². The van der Waals surface area contributed by atoms with Crippen LogP contribution >= 0.6 is 11.3 Å². The molecule has 0 aliphatic rings. The molecule has 1 unspecified atom stereocenters. The lowest BCUT2D eigenvalue weighted by Crippen LogP contribution is -2.38. The number of alkyl halides is 3. The summed E-state index contributed by atoms with van der Waals surface area (Å²) in [5.41, 5.74) is 1.44. The highest BCUT2D eigenvalue weighted by molar-refractivity contribution is 7.92. The standard InChI is InChI=1S/C21H24F3N5O6S3/c22-21(23,24)6-8-37(32,33)18(19(31)27-7-9-38(25,34)35)20-29-15-5-4-13(10-17(15)36-20)16(30)3-1-2-14-11-26-12-28-14/h4-5,10-12,18H,1-3,6-9H2,(H,26,28)(H,27,31)(H2,25,34,35). The summed E-state index contributed by atoms with van der Waals surface area (Å²) in [6.07, 6.45) is -1.91. The number of benzene rings is 1. The highest BCUT2D eigenvalue weighted by atomic mass is 32.2. The number of Topliss-reactive ketones (excluding diaryl/α,β-unsaturated/α-hetero) is 1. The summed E-state index contributed by atoms with van der Waals surface area (Å²) in [7, 11) is -8.71. The minimum absolute atomic E-state index is 0.184. The van der Waals surface area contributed by atoms with Gasteiger partial charge in [-0.25, -0.2) is 31.9 Å². The maximum absolute atomic E-state index is 12.8. The summed E-state index contributed by atoms with van der Waals surface area (Å²) in [6.45, 7) is -0.551. The minimum Gasteiger partial charge on any atom is -0.354 e. The fourth-order valence-electron chi connectivity index (χ4n) is 3.45. The van der Waals surface area contributed by atoms with Crippen molar-refractivity contribution in [2.75, 3.05) is 18.1 Å². The zero-order valence-electron chi connectivity index (χ0n) is 19.7. The highest BCUT2D eigenvalue weighted by Crippen LogP contribution is 2.34. The van der Waals surface area contributed by atoms with Gasteiger partial charge in [0.05, 0.1) is 34.5 Å². The van der Waals surface area contributed by atoms with Crippen LogP contribution in [0.1, 0.15) is 45.6 Å².